The molecule has 1 N–H and O–H groups in total. The molecule has 24 heavy (non-hydrogen) atoms. The third-order valence-corrected chi connectivity index (χ3v) is 3.71. The molecule has 0 aliphatic heterocycles. The Hall–Kier alpha value is -2.49. The van der Waals surface area contributed by atoms with Gasteiger partial charge in [-0.15, -0.1) is 0 Å². The molecule has 0 aromatic heterocycles. The second kappa shape index (κ2) is 8.39. The van der Waals surface area contributed by atoms with E-state index in [1.807, 2.05) is 63.2 Å². The van der Waals surface area contributed by atoms with E-state index >= 15 is 0 Å². The van der Waals surface area contributed by atoms with E-state index in [0.717, 1.165) is 23.2 Å². The summed E-state index contributed by atoms with van der Waals surface area (Å²) in [5, 5.41) is 2.96. The molecule has 4 nitrogen and oxygen atoms in total. The summed E-state index contributed by atoms with van der Waals surface area (Å²) in [4.78, 5) is 12.5. The van der Waals surface area contributed by atoms with Gasteiger partial charge in [-0.25, -0.2) is 0 Å². The minimum atomic E-state index is -0.629. The molecule has 1 atom stereocenters. The first-order valence-corrected chi connectivity index (χ1v) is 8.28. The fourth-order valence-electron chi connectivity index (χ4n) is 2.36. The number of benzene rings is 2. The van der Waals surface area contributed by atoms with E-state index < -0.39 is 6.10 Å². The van der Waals surface area contributed by atoms with Crippen molar-refractivity contribution in [3.63, 3.8) is 0 Å². The van der Waals surface area contributed by atoms with Crippen LogP contribution < -0.4 is 14.8 Å². The van der Waals surface area contributed by atoms with Crippen LogP contribution in [0.2, 0.25) is 0 Å². The number of ether oxygens (including phenoxy) is 2. The van der Waals surface area contributed by atoms with Gasteiger partial charge in [-0.3, -0.25) is 4.79 Å². The van der Waals surface area contributed by atoms with Gasteiger partial charge in [0, 0.05) is 5.69 Å². The van der Waals surface area contributed by atoms with E-state index in [-0.39, 0.29) is 5.91 Å². The Morgan fingerprint density at radius 2 is 1.67 bits per heavy atom. The van der Waals surface area contributed by atoms with Gasteiger partial charge in [-0.05, 0) is 50.5 Å². The average Bonchev–Trinajstić information content (AvgIpc) is 2.57. The van der Waals surface area contributed by atoms with Gasteiger partial charge in [0.05, 0.1) is 6.61 Å². The summed E-state index contributed by atoms with van der Waals surface area (Å²) in [7, 11) is 0. The summed E-state index contributed by atoms with van der Waals surface area (Å²) in [6.45, 7) is 8.34. The molecule has 0 spiro atoms. The zero-order valence-electron chi connectivity index (χ0n) is 14.8. The monoisotopic (exact) mass is 327 g/mol. The third kappa shape index (κ3) is 4.51. The number of carbonyl (C=O) groups is 1. The lowest BCUT2D eigenvalue weighted by atomic mass is 10.1. The third-order valence-electron chi connectivity index (χ3n) is 3.71. The summed E-state index contributed by atoms with van der Waals surface area (Å²) in [6.07, 6.45) is 0.284. The lowest BCUT2D eigenvalue weighted by Gasteiger charge is -2.18. The number of para-hydroxylation sites is 3. The summed E-state index contributed by atoms with van der Waals surface area (Å²) in [5.74, 6) is 1.05. The first-order valence-electron chi connectivity index (χ1n) is 8.28. The predicted molar refractivity (Wildman–Crippen MR) is 96.9 cm³/mol. The van der Waals surface area contributed by atoms with Gasteiger partial charge >= 0.3 is 0 Å². The molecule has 2 rings (SSSR count). The van der Waals surface area contributed by atoms with Crippen LogP contribution in [0.1, 0.15) is 31.4 Å². The summed E-state index contributed by atoms with van der Waals surface area (Å²) >= 11 is 0. The Bertz CT molecular complexity index is 677. The van der Waals surface area contributed by atoms with Gasteiger partial charge < -0.3 is 14.8 Å². The number of aryl methyl sites for hydroxylation is 2. The molecule has 0 saturated carbocycles. The summed E-state index contributed by atoms with van der Waals surface area (Å²) < 4.78 is 11.5. The smallest absolute Gasteiger partial charge is 0.265 e. The zero-order chi connectivity index (χ0) is 17.5. The number of nitrogens with one attached hydrogen (secondary N) is 1. The summed E-state index contributed by atoms with van der Waals surface area (Å²) in [6, 6.07) is 13.3. The highest BCUT2D eigenvalue weighted by molar-refractivity contribution is 5.95. The largest absolute Gasteiger partial charge is 0.490 e. The molecule has 0 bridgehead atoms. The number of carbonyl (C=O) groups excluding carboxylic acids is 1. The molecule has 1 amide bonds. The molecule has 0 aliphatic rings. The van der Waals surface area contributed by atoms with Crippen LogP contribution in [0.3, 0.4) is 0 Å². The van der Waals surface area contributed by atoms with Crippen molar-refractivity contribution >= 4 is 11.6 Å². The van der Waals surface area contributed by atoms with Crippen LogP contribution in [0, 0.1) is 13.8 Å². The van der Waals surface area contributed by atoms with Crippen molar-refractivity contribution in [1.29, 1.82) is 0 Å². The minimum absolute atomic E-state index is 0.183. The maximum atomic E-state index is 12.5. The Labute approximate surface area is 143 Å². The van der Waals surface area contributed by atoms with Crippen molar-refractivity contribution in [3.05, 3.63) is 53.6 Å². The van der Waals surface area contributed by atoms with Crippen molar-refractivity contribution in [2.75, 3.05) is 11.9 Å². The second-order valence-corrected chi connectivity index (χ2v) is 5.81. The molecule has 128 valence electrons. The number of hydrogen-bond acceptors (Lipinski definition) is 3. The highest BCUT2D eigenvalue weighted by atomic mass is 16.5. The number of amides is 1. The molecular weight excluding hydrogens is 302 g/mol. The number of hydrogen-bond donors (Lipinski definition) is 1. The first-order chi connectivity index (χ1) is 11.5. The van der Waals surface area contributed by atoms with Crippen molar-refractivity contribution in [1.82, 2.24) is 0 Å². The predicted octanol–water partition coefficient (Wildman–Crippen LogP) is 4.50. The lowest BCUT2D eigenvalue weighted by Crippen LogP contribution is -2.30. The second-order valence-electron chi connectivity index (χ2n) is 5.81. The van der Waals surface area contributed by atoms with Gasteiger partial charge in [-0.1, -0.05) is 37.3 Å². The van der Waals surface area contributed by atoms with Crippen LogP contribution in [0.5, 0.6) is 11.5 Å². The average molecular weight is 327 g/mol. The maximum Gasteiger partial charge on any atom is 0.265 e. The Balaban J connectivity index is 2.07. The van der Waals surface area contributed by atoms with Crippen LogP contribution in [-0.4, -0.2) is 18.6 Å². The van der Waals surface area contributed by atoms with E-state index in [1.165, 1.54) is 0 Å². The van der Waals surface area contributed by atoms with Crippen molar-refractivity contribution in [3.8, 4) is 11.5 Å². The standard InChI is InChI=1S/C20H25NO3/c1-5-13-23-17-11-6-7-12-18(17)24-16(4)20(22)21-19-14(2)9-8-10-15(19)3/h6-12,16H,5,13H2,1-4H3,(H,21,22). The molecule has 0 radical (unpaired) electrons. The molecule has 0 heterocycles. The highest BCUT2D eigenvalue weighted by Crippen LogP contribution is 2.28. The van der Waals surface area contributed by atoms with Crippen molar-refractivity contribution in [2.45, 2.75) is 40.2 Å². The molecule has 1 unspecified atom stereocenters. The maximum absolute atomic E-state index is 12.5. The van der Waals surface area contributed by atoms with E-state index in [2.05, 4.69) is 5.32 Å². The minimum Gasteiger partial charge on any atom is -0.490 e. The van der Waals surface area contributed by atoms with Crippen LogP contribution in [0.25, 0.3) is 0 Å². The Morgan fingerprint density at radius 3 is 2.29 bits per heavy atom. The van der Waals surface area contributed by atoms with E-state index in [1.54, 1.807) is 6.92 Å². The van der Waals surface area contributed by atoms with Crippen molar-refractivity contribution < 1.29 is 14.3 Å². The van der Waals surface area contributed by atoms with E-state index in [0.29, 0.717) is 18.1 Å². The highest BCUT2D eigenvalue weighted by Gasteiger charge is 2.18. The molecule has 0 aliphatic carbocycles. The van der Waals surface area contributed by atoms with E-state index in [4.69, 9.17) is 9.47 Å². The lowest BCUT2D eigenvalue weighted by molar-refractivity contribution is -0.122. The number of rotatable bonds is 7. The van der Waals surface area contributed by atoms with Crippen LogP contribution in [-0.2, 0) is 4.79 Å². The molecular formula is C20H25NO3. The topological polar surface area (TPSA) is 47.6 Å². The zero-order valence-corrected chi connectivity index (χ0v) is 14.8. The summed E-state index contributed by atoms with van der Waals surface area (Å²) in [5.41, 5.74) is 2.90. The Morgan fingerprint density at radius 1 is 1.04 bits per heavy atom. The molecule has 2 aromatic carbocycles. The number of anilines is 1. The normalized spacial score (nSPS) is 11.7. The van der Waals surface area contributed by atoms with Crippen LogP contribution in [0.15, 0.2) is 42.5 Å². The quantitative estimate of drug-likeness (QED) is 0.814. The molecule has 0 saturated heterocycles. The fraction of sp³-hybridized carbons (Fsp3) is 0.350. The van der Waals surface area contributed by atoms with Gasteiger partial charge in [0.25, 0.3) is 5.91 Å². The van der Waals surface area contributed by atoms with Crippen molar-refractivity contribution in [2.24, 2.45) is 0 Å². The fourth-order valence-corrected chi connectivity index (χ4v) is 2.36. The molecule has 2 aromatic rings. The van der Waals surface area contributed by atoms with Gasteiger partial charge in [0.15, 0.2) is 17.6 Å². The SMILES string of the molecule is CCCOc1ccccc1OC(C)C(=O)Nc1c(C)cccc1C. The van der Waals surface area contributed by atoms with Gasteiger partial charge in [0.2, 0.25) is 0 Å². The van der Waals surface area contributed by atoms with Gasteiger partial charge in [0.1, 0.15) is 0 Å². The Kier molecular flexibility index (Phi) is 6.24. The van der Waals surface area contributed by atoms with Gasteiger partial charge in [-0.2, -0.15) is 0 Å². The van der Waals surface area contributed by atoms with Crippen LogP contribution in [0.4, 0.5) is 5.69 Å². The van der Waals surface area contributed by atoms with Crippen LogP contribution >= 0.6 is 0 Å². The van der Waals surface area contributed by atoms with E-state index in [9.17, 15) is 4.79 Å². The molecule has 4 heteroatoms. The first kappa shape index (κ1) is 17.9. The molecule has 0 fully saturated rings.